The fraction of sp³-hybridized carbons (Fsp3) is 0.500. The second-order valence-corrected chi connectivity index (χ2v) is 5.88. The Morgan fingerprint density at radius 1 is 1.32 bits per heavy atom. The summed E-state index contributed by atoms with van der Waals surface area (Å²) in [5.41, 5.74) is -2.97. The van der Waals surface area contributed by atoms with Crippen LogP contribution in [0.5, 0.6) is 0 Å². The number of esters is 1. The summed E-state index contributed by atoms with van der Waals surface area (Å²) in [6.07, 6.45) is 1.24. The number of aliphatic carboxylic acids is 1. The number of carbonyl (C=O) groups is 2. The molecule has 0 heterocycles. The van der Waals surface area contributed by atoms with Crippen LogP contribution >= 0.6 is 0 Å². The number of rotatable bonds is 9. The summed E-state index contributed by atoms with van der Waals surface area (Å²) < 4.78 is 32.9. The molecule has 2 atom stereocenters. The smallest absolute Gasteiger partial charge is 0.350 e. The maximum atomic E-state index is 14.2. The van der Waals surface area contributed by atoms with Gasteiger partial charge in [0, 0.05) is 5.92 Å². The van der Waals surface area contributed by atoms with E-state index in [1.807, 2.05) is 6.92 Å². The average molecular weight is 355 g/mol. The lowest BCUT2D eigenvalue weighted by Crippen LogP contribution is -2.47. The van der Waals surface area contributed by atoms with Gasteiger partial charge in [0.1, 0.15) is 22.8 Å². The van der Waals surface area contributed by atoms with E-state index in [0.29, 0.717) is 6.42 Å². The molecular formula is C18H23F2NO4. The van der Waals surface area contributed by atoms with Crippen LogP contribution in [0.15, 0.2) is 18.2 Å². The third kappa shape index (κ3) is 4.21. The number of hydrogen-bond acceptors (Lipinski definition) is 4. The second-order valence-electron chi connectivity index (χ2n) is 5.88. The van der Waals surface area contributed by atoms with Crippen LogP contribution in [0.2, 0.25) is 0 Å². The third-order valence-electron chi connectivity index (χ3n) is 4.48. The zero-order valence-electron chi connectivity index (χ0n) is 14.6. The molecule has 0 aromatic heterocycles. The van der Waals surface area contributed by atoms with Crippen LogP contribution in [0.4, 0.5) is 8.78 Å². The normalized spacial score (nSPS) is 14.4. The van der Waals surface area contributed by atoms with Crippen molar-refractivity contribution in [1.29, 1.82) is 5.41 Å². The quantitative estimate of drug-likeness (QED) is 0.399. The average Bonchev–Trinajstić information content (AvgIpc) is 2.58. The predicted molar refractivity (Wildman–Crippen MR) is 88.7 cm³/mol. The monoisotopic (exact) mass is 355 g/mol. The van der Waals surface area contributed by atoms with Gasteiger partial charge in [-0.15, -0.1) is 0 Å². The number of ether oxygens (including phenoxy) is 1. The number of benzene rings is 1. The first-order valence-corrected chi connectivity index (χ1v) is 8.16. The molecule has 1 aromatic rings. The summed E-state index contributed by atoms with van der Waals surface area (Å²) >= 11 is 0. The Balaban J connectivity index is 3.43. The minimum atomic E-state index is -1.91. The number of halogens is 2. The number of nitrogens with one attached hydrogen (secondary N) is 1. The van der Waals surface area contributed by atoms with E-state index in [1.54, 1.807) is 0 Å². The first-order valence-electron chi connectivity index (χ1n) is 8.16. The van der Waals surface area contributed by atoms with Crippen LogP contribution in [0.1, 0.15) is 51.5 Å². The summed E-state index contributed by atoms with van der Waals surface area (Å²) in [5, 5.41) is 17.2. The highest BCUT2D eigenvalue weighted by atomic mass is 19.1. The molecule has 1 rings (SSSR count). The van der Waals surface area contributed by atoms with Crippen molar-refractivity contribution in [3.63, 3.8) is 0 Å². The fourth-order valence-corrected chi connectivity index (χ4v) is 2.86. The van der Waals surface area contributed by atoms with Crippen LogP contribution < -0.4 is 0 Å². The van der Waals surface area contributed by atoms with Gasteiger partial charge in [0.15, 0.2) is 0 Å². The highest BCUT2D eigenvalue weighted by molar-refractivity contribution is 6.40. The molecule has 1 aromatic carbocycles. The van der Waals surface area contributed by atoms with E-state index in [9.17, 15) is 23.5 Å². The van der Waals surface area contributed by atoms with E-state index in [0.717, 1.165) is 24.6 Å². The molecule has 0 aliphatic rings. The zero-order chi connectivity index (χ0) is 19.2. The van der Waals surface area contributed by atoms with E-state index >= 15 is 0 Å². The Kier molecular flexibility index (Phi) is 7.21. The third-order valence-corrected chi connectivity index (χ3v) is 4.48. The second kappa shape index (κ2) is 8.69. The molecular weight excluding hydrogens is 332 g/mol. The molecule has 0 aliphatic carbocycles. The molecule has 0 bridgehead atoms. The van der Waals surface area contributed by atoms with Gasteiger partial charge in [0.2, 0.25) is 0 Å². The molecule has 0 radical (unpaired) electrons. The van der Waals surface area contributed by atoms with Crippen LogP contribution in [0, 0.1) is 22.5 Å². The van der Waals surface area contributed by atoms with Crippen molar-refractivity contribution < 1.29 is 28.2 Å². The highest BCUT2D eigenvalue weighted by Crippen LogP contribution is 2.42. The van der Waals surface area contributed by atoms with Gasteiger partial charge in [-0.1, -0.05) is 27.2 Å². The van der Waals surface area contributed by atoms with Gasteiger partial charge in [-0.25, -0.2) is 13.6 Å². The van der Waals surface area contributed by atoms with E-state index in [-0.39, 0.29) is 18.6 Å². The molecule has 25 heavy (non-hydrogen) atoms. The van der Waals surface area contributed by atoms with Crippen LogP contribution in [-0.2, 0) is 14.3 Å². The van der Waals surface area contributed by atoms with Crippen molar-refractivity contribution in [2.75, 3.05) is 6.61 Å². The van der Waals surface area contributed by atoms with Crippen LogP contribution in [-0.4, -0.2) is 29.4 Å². The van der Waals surface area contributed by atoms with Crippen molar-refractivity contribution in [3.8, 4) is 0 Å². The summed E-state index contributed by atoms with van der Waals surface area (Å²) in [5.74, 6) is -5.09. The van der Waals surface area contributed by atoms with Crippen molar-refractivity contribution in [2.45, 2.75) is 46.0 Å². The van der Waals surface area contributed by atoms with Crippen LogP contribution in [0.25, 0.3) is 0 Å². The lowest BCUT2D eigenvalue weighted by Gasteiger charge is -2.35. The first-order chi connectivity index (χ1) is 11.7. The van der Waals surface area contributed by atoms with Gasteiger partial charge >= 0.3 is 11.9 Å². The number of carboxylic acid groups (broad SMARTS) is 1. The van der Waals surface area contributed by atoms with E-state index in [1.165, 1.54) is 13.8 Å². The molecule has 1 unspecified atom stereocenters. The highest BCUT2D eigenvalue weighted by Gasteiger charge is 2.51. The SMILES string of the molecule is CCCCOC(=O)C(CC)(C(=N)C(=O)O)[C@@H](C)c1cc(F)ccc1F. The Morgan fingerprint density at radius 2 is 1.96 bits per heavy atom. The molecule has 0 amide bonds. The number of unbranched alkanes of at least 4 members (excludes halogenated alkanes) is 1. The molecule has 0 aliphatic heterocycles. The Labute approximate surface area is 145 Å². The lowest BCUT2D eigenvalue weighted by atomic mass is 9.67. The number of hydrogen-bond donors (Lipinski definition) is 2. The zero-order valence-corrected chi connectivity index (χ0v) is 14.6. The van der Waals surface area contributed by atoms with E-state index in [2.05, 4.69) is 0 Å². The maximum Gasteiger partial charge on any atom is 0.350 e. The molecule has 0 saturated heterocycles. The molecule has 7 heteroatoms. The Bertz CT molecular complexity index is 662. The fourth-order valence-electron chi connectivity index (χ4n) is 2.86. The number of carbonyl (C=O) groups excluding carboxylic acids is 1. The lowest BCUT2D eigenvalue weighted by molar-refractivity contribution is -0.154. The number of carboxylic acids is 1. The molecule has 0 saturated carbocycles. The summed E-state index contributed by atoms with van der Waals surface area (Å²) in [4.78, 5) is 24.1. The standard InChI is InChI=1S/C18H23F2NO4/c1-4-6-9-25-17(24)18(5-2,15(21)16(22)23)11(3)13-10-12(19)7-8-14(13)20/h7-8,10-11,21H,4-6,9H2,1-3H3,(H,22,23)/t11-,18?/m0/s1. The van der Waals surface area contributed by atoms with Crippen molar-refractivity contribution in [3.05, 3.63) is 35.4 Å². The Hall–Kier alpha value is -2.31. The van der Waals surface area contributed by atoms with Crippen molar-refractivity contribution >= 4 is 17.7 Å². The van der Waals surface area contributed by atoms with Crippen molar-refractivity contribution in [2.24, 2.45) is 5.41 Å². The topological polar surface area (TPSA) is 87.5 Å². The van der Waals surface area contributed by atoms with Gasteiger partial charge in [0.05, 0.1) is 6.61 Å². The van der Waals surface area contributed by atoms with Crippen LogP contribution in [0.3, 0.4) is 0 Å². The minimum Gasteiger partial charge on any atom is -0.477 e. The molecule has 5 nitrogen and oxygen atoms in total. The Morgan fingerprint density at radius 3 is 2.48 bits per heavy atom. The van der Waals surface area contributed by atoms with E-state index in [4.69, 9.17) is 10.1 Å². The predicted octanol–water partition coefficient (Wildman–Crippen LogP) is 3.91. The maximum absolute atomic E-state index is 14.2. The van der Waals surface area contributed by atoms with Crippen molar-refractivity contribution in [1.82, 2.24) is 0 Å². The van der Waals surface area contributed by atoms with Gasteiger partial charge in [-0.3, -0.25) is 10.2 Å². The first kappa shape index (κ1) is 20.7. The summed E-state index contributed by atoms with van der Waals surface area (Å²) in [7, 11) is 0. The molecule has 2 N–H and O–H groups in total. The summed E-state index contributed by atoms with van der Waals surface area (Å²) in [6.45, 7) is 4.89. The summed E-state index contributed by atoms with van der Waals surface area (Å²) in [6, 6.07) is 2.76. The largest absolute Gasteiger partial charge is 0.477 e. The van der Waals surface area contributed by atoms with Gasteiger partial charge in [0.25, 0.3) is 0 Å². The minimum absolute atomic E-state index is 0.0718. The molecule has 0 spiro atoms. The van der Waals surface area contributed by atoms with Gasteiger partial charge in [-0.2, -0.15) is 0 Å². The van der Waals surface area contributed by atoms with E-state index < -0.39 is 40.6 Å². The van der Waals surface area contributed by atoms with Gasteiger partial charge in [-0.05, 0) is 36.6 Å². The molecule has 0 fully saturated rings. The van der Waals surface area contributed by atoms with Gasteiger partial charge < -0.3 is 9.84 Å². The molecule has 138 valence electrons.